The molecule has 186 valence electrons. The minimum Gasteiger partial charge on any atom is -0.345 e. The monoisotopic (exact) mass is 505 g/mol. The number of rotatable bonds is 10. The Kier molecular flexibility index (Phi) is 9.49. The molecule has 0 bridgehead atoms. The van der Waals surface area contributed by atoms with Gasteiger partial charge in [0.25, 0.3) is 0 Å². The average molecular weight is 507 g/mol. The third-order valence-electron chi connectivity index (χ3n) is 6.80. The topological polar surface area (TPSA) is 45.6 Å². The quantitative estimate of drug-likeness (QED) is 0.373. The summed E-state index contributed by atoms with van der Waals surface area (Å²) in [5.41, 5.74) is 1.41. The molecule has 1 aliphatic carbocycles. The molecule has 5 nitrogen and oxygen atoms in total. The molecule has 34 heavy (non-hydrogen) atoms. The Morgan fingerprint density at radius 1 is 1.09 bits per heavy atom. The number of halogens is 2. The van der Waals surface area contributed by atoms with Crippen molar-refractivity contribution in [3.8, 4) is 0 Å². The summed E-state index contributed by atoms with van der Waals surface area (Å²) in [4.78, 5) is 30.3. The fourth-order valence-corrected chi connectivity index (χ4v) is 4.92. The van der Waals surface area contributed by atoms with E-state index in [1.165, 1.54) is 6.42 Å². The van der Waals surface area contributed by atoms with Gasteiger partial charge in [-0.1, -0.05) is 49.1 Å². The fourth-order valence-electron chi connectivity index (χ4n) is 4.61. The highest BCUT2D eigenvalue weighted by Crippen LogP contribution is 2.26. The molecule has 0 spiro atoms. The Labute approximate surface area is 214 Å². The molecule has 3 rings (SSSR count). The van der Waals surface area contributed by atoms with E-state index < -0.39 is 5.41 Å². The van der Waals surface area contributed by atoms with Crippen LogP contribution in [-0.2, 0) is 22.7 Å². The maximum atomic E-state index is 13.7. The highest BCUT2D eigenvalue weighted by atomic mass is 35.5. The molecule has 1 saturated carbocycles. The molecule has 0 aliphatic heterocycles. The average Bonchev–Trinajstić information content (AvgIpc) is 3.28. The van der Waals surface area contributed by atoms with Gasteiger partial charge < -0.3 is 14.4 Å². The van der Waals surface area contributed by atoms with E-state index in [9.17, 15) is 9.59 Å². The van der Waals surface area contributed by atoms with E-state index in [1.807, 2.05) is 62.2 Å². The van der Waals surface area contributed by atoms with Crippen LogP contribution < -0.4 is 0 Å². The van der Waals surface area contributed by atoms with Crippen molar-refractivity contribution in [1.29, 1.82) is 0 Å². The molecular weight excluding hydrogens is 469 g/mol. The summed E-state index contributed by atoms with van der Waals surface area (Å²) < 4.78 is 2.16. The lowest BCUT2D eigenvalue weighted by Gasteiger charge is -2.37. The Morgan fingerprint density at radius 3 is 2.44 bits per heavy atom. The summed E-state index contributed by atoms with van der Waals surface area (Å²) in [7, 11) is 0. The maximum absolute atomic E-state index is 13.7. The van der Waals surface area contributed by atoms with Crippen LogP contribution in [0.4, 0.5) is 0 Å². The Morgan fingerprint density at radius 2 is 1.79 bits per heavy atom. The van der Waals surface area contributed by atoms with Crippen LogP contribution >= 0.6 is 23.2 Å². The van der Waals surface area contributed by atoms with E-state index in [1.54, 1.807) is 4.90 Å². The molecule has 1 aliphatic rings. The van der Waals surface area contributed by atoms with Crippen LogP contribution in [0.25, 0.3) is 0 Å². The van der Waals surface area contributed by atoms with E-state index in [0.29, 0.717) is 19.6 Å². The highest BCUT2D eigenvalue weighted by molar-refractivity contribution is 6.31. The zero-order valence-electron chi connectivity index (χ0n) is 20.6. The summed E-state index contributed by atoms with van der Waals surface area (Å²) in [6.07, 6.45) is 7.52. The predicted molar refractivity (Wildman–Crippen MR) is 139 cm³/mol. The van der Waals surface area contributed by atoms with Crippen LogP contribution in [0.1, 0.15) is 64.1 Å². The van der Waals surface area contributed by atoms with Crippen molar-refractivity contribution in [1.82, 2.24) is 14.4 Å². The van der Waals surface area contributed by atoms with E-state index in [0.717, 1.165) is 42.0 Å². The first kappa shape index (κ1) is 26.6. The number of hydrogen-bond donors (Lipinski definition) is 0. The van der Waals surface area contributed by atoms with Gasteiger partial charge in [0.15, 0.2) is 0 Å². The number of aromatic nitrogens is 1. The molecule has 1 heterocycles. The first-order valence-electron chi connectivity index (χ1n) is 12.3. The number of likely N-dealkylation sites (N-methyl/N-ethyl adjacent to an activating group) is 1. The van der Waals surface area contributed by atoms with Gasteiger partial charge in [0, 0.05) is 41.9 Å². The third-order valence-corrected chi connectivity index (χ3v) is 7.84. The summed E-state index contributed by atoms with van der Waals surface area (Å²) in [5, 5.41) is 0.737. The van der Waals surface area contributed by atoms with Gasteiger partial charge in [0.1, 0.15) is 0 Å². The zero-order valence-corrected chi connectivity index (χ0v) is 22.1. The summed E-state index contributed by atoms with van der Waals surface area (Å²) in [6, 6.07) is 12.1. The Bertz CT molecular complexity index is 966. The number of nitrogens with zero attached hydrogens (tertiary/aromatic N) is 3. The Hall–Kier alpha value is -1.98. The van der Waals surface area contributed by atoms with E-state index >= 15 is 0 Å². The van der Waals surface area contributed by atoms with E-state index in [2.05, 4.69) is 10.6 Å². The molecule has 1 aromatic heterocycles. The van der Waals surface area contributed by atoms with E-state index in [4.69, 9.17) is 23.2 Å². The second kappa shape index (κ2) is 12.1. The standard InChI is InChI=1S/C27H37Cl2N3O2/c1-4-30(26(34)27(2,3)20-28)19-25(33)32(22-12-6-5-7-13-22)18-23-14-10-16-31(23)17-21-11-8-9-15-24(21)29/h8-11,14-16,22H,4-7,12-13,17-20H2,1-3H3. The minimum absolute atomic E-state index is 0.00188. The molecule has 1 fully saturated rings. The van der Waals surface area contributed by atoms with Crippen molar-refractivity contribution >= 4 is 35.0 Å². The molecule has 2 aromatic rings. The van der Waals surface area contributed by atoms with Crippen LogP contribution in [-0.4, -0.2) is 51.2 Å². The van der Waals surface area contributed by atoms with Crippen molar-refractivity contribution < 1.29 is 9.59 Å². The number of benzene rings is 1. The van der Waals surface area contributed by atoms with Gasteiger partial charge in [-0.2, -0.15) is 0 Å². The second-order valence-corrected chi connectivity index (χ2v) is 10.5. The summed E-state index contributed by atoms with van der Waals surface area (Å²) >= 11 is 12.4. The van der Waals surface area contributed by atoms with Crippen LogP contribution in [0.3, 0.4) is 0 Å². The van der Waals surface area contributed by atoms with Crippen molar-refractivity contribution in [2.75, 3.05) is 19.0 Å². The summed E-state index contributed by atoms with van der Waals surface area (Å²) in [5.74, 6) is 0.139. The fraction of sp³-hybridized carbons (Fsp3) is 0.556. The van der Waals surface area contributed by atoms with Gasteiger partial charge in [0.2, 0.25) is 11.8 Å². The van der Waals surface area contributed by atoms with Crippen LogP contribution in [0.15, 0.2) is 42.6 Å². The van der Waals surface area contributed by atoms with Crippen LogP contribution in [0.2, 0.25) is 5.02 Å². The maximum Gasteiger partial charge on any atom is 0.242 e. The van der Waals surface area contributed by atoms with Crippen LogP contribution in [0, 0.1) is 5.41 Å². The normalized spacial score (nSPS) is 14.7. The van der Waals surface area contributed by atoms with Gasteiger partial charge in [-0.3, -0.25) is 9.59 Å². The number of amides is 2. The molecule has 1 aromatic carbocycles. The molecule has 7 heteroatoms. The first-order chi connectivity index (χ1) is 16.3. The molecule has 0 radical (unpaired) electrons. The zero-order chi connectivity index (χ0) is 24.7. The molecule has 0 unspecified atom stereocenters. The van der Waals surface area contributed by atoms with Gasteiger partial charge in [0.05, 0.1) is 18.5 Å². The van der Waals surface area contributed by atoms with Gasteiger partial charge in [-0.05, 0) is 57.4 Å². The number of carbonyl (C=O) groups excluding carboxylic acids is 2. The molecule has 2 amide bonds. The number of carbonyl (C=O) groups is 2. The Balaban J connectivity index is 1.81. The lowest BCUT2D eigenvalue weighted by Crippen LogP contribution is -2.50. The van der Waals surface area contributed by atoms with Crippen LogP contribution in [0.5, 0.6) is 0 Å². The minimum atomic E-state index is -0.697. The van der Waals surface area contributed by atoms with Crippen molar-refractivity contribution in [3.63, 3.8) is 0 Å². The lowest BCUT2D eigenvalue weighted by molar-refractivity contribution is -0.146. The smallest absolute Gasteiger partial charge is 0.242 e. The van der Waals surface area contributed by atoms with Gasteiger partial charge in [-0.25, -0.2) is 0 Å². The van der Waals surface area contributed by atoms with Crippen molar-refractivity contribution in [2.24, 2.45) is 5.41 Å². The number of hydrogen-bond acceptors (Lipinski definition) is 2. The predicted octanol–water partition coefficient (Wildman–Crippen LogP) is 5.96. The van der Waals surface area contributed by atoms with Crippen molar-refractivity contribution in [2.45, 2.75) is 72.0 Å². The highest BCUT2D eigenvalue weighted by Gasteiger charge is 2.34. The first-order valence-corrected chi connectivity index (χ1v) is 13.2. The summed E-state index contributed by atoms with van der Waals surface area (Å²) in [6.45, 7) is 7.30. The van der Waals surface area contributed by atoms with Gasteiger partial charge >= 0.3 is 0 Å². The molecule has 0 atom stereocenters. The molecule has 0 N–H and O–H groups in total. The van der Waals surface area contributed by atoms with Crippen molar-refractivity contribution in [3.05, 3.63) is 58.9 Å². The third kappa shape index (κ3) is 6.57. The van der Waals surface area contributed by atoms with E-state index in [-0.39, 0.29) is 30.3 Å². The van der Waals surface area contributed by atoms with Gasteiger partial charge in [-0.15, -0.1) is 11.6 Å². The SMILES string of the molecule is CCN(CC(=O)N(Cc1cccn1Cc1ccccc1Cl)C1CCCCC1)C(=O)C(C)(C)CCl. The second-order valence-electron chi connectivity index (χ2n) is 9.87. The largest absolute Gasteiger partial charge is 0.345 e. The molecular formula is C27H37Cl2N3O2. The number of alkyl halides is 1. The molecule has 0 saturated heterocycles. The lowest BCUT2D eigenvalue weighted by atomic mass is 9.93.